The molecule has 2 aromatic carbocycles. The number of methoxy groups -OCH3 is 2. The van der Waals surface area contributed by atoms with E-state index >= 15 is 0 Å². The summed E-state index contributed by atoms with van der Waals surface area (Å²) in [5.41, 5.74) is 1.06. The fourth-order valence-electron chi connectivity index (χ4n) is 4.64. The van der Waals surface area contributed by atoms with Crippen molar-refractivity contribution in [2.24, 2.45) is 5.92 Å². The molecular formula is C26H30ClN3O5. The van der Waals surface area contributed by atoms with E-state index in [1.165, 1.54) is 0 Å². The van der Waals surface area contributed by atoms with Gasteiger partial charge in [-0.1, -0.05) is 17.7 Å². The van der Waals surface area contributed by atoms with Crippen LogP contribution in [0, 0.1) is 5.92 Å². The Morgan fingerprint density at radius 2 is 1.29 bits per heavy atom. The number of hydrogen-bond acceptors (Lipinski definition) is 5. The monoisotopic (exact) mass is 499 g/mol. The van der Waals surface area contributed by atoms with Crippen molar-refractivity contribution in [1.29, 1.82) is 0 Å². The fraction of sp³-hybridized carbons (Fsp3) is 0.423. The molecular weight excluding hydrogens is 470 g/mol. The number of ether oxygens (including phenoxy) is 2. The molecule has 2 aliphatic rings. The first-order chi connectivity index (χ1) is 16.9. The molecule has 0 spiro atoms. The first-order valence-corrected chi connectivity index (χ1v) is 12.1. The summed E-state index contributed by atoms with van der Waals surface area (Å²) in [5, 5.41) is 0.528. The summed E-state index contributed by atoms with van der Waals surface area (Å²) < 4.78 is 10.5. The van der Waals surface area contributed by atoms with Crippen LogP contribution in [0.15, 0.2) is 42.5 Å². The van der Waals surface area contributed by atoms with Gasteiger partial charge in [0.05, 0.1) is 14.2 Å². The molecule has 2 saturated heterocycles. The number of piperazine rings is 1. The normalized spacial score (nSPS) is 16.7. The Labute approximate surface area is 210 Å². The van der Waals surface area contributed by atoms with E-state index in [-0.39, 0.29) is 23.6 Å². The Hall–Kier alpha value is -3.26. The quantitative estimate of drug-likeness (QED) is 0.631. The highest BCUT2D eigenvalue weighted by Gasteiger charge is 2.33. The van der Waals surface area contributed by atoms with Crippen molar-refractivity contribution in [2.45, 2.75) is 12.8 Å². The average Bonchev–Trinajstić information content (AvgIpc) is 2.91. The molecule has 186 valence electrons. The summed E-state index contributed by atoms with van der Waals surface area (Å²) in [7, 11) is 3.10. The van der Waals surface area contributed by atoms with Crippen LogP contribution >= 0.6 is 11.6 Å². The van der Waals surface area contributed by atoms with Gasteiger partial charge in [0.15, 0.2) is 0 Å². The first kappa shape index (κ1) is 24.9. The van der Waals surface area contributed by atoms with Crippen LogP contribution in [0.25, 0.3) is 0 Å². The van der Waals surface area contributed by atoms with Crippen LogP contribution in [0.1, 0.15) is 33.6 Å². The SMILES string of the molecule is COc1cc(OC)cc(C(=O)N2CCC(C(=O)N3CCN(C(=O)c4cccc(Cl)c4)CC3)CC2)c1. The predicted octanol–water partition coefficient (Wildman–Crippen LogP) is 3.19. The van der Waals surface area contributed by atoms with Crippen molar-refractivity contribution >= 4 is 29.3 Å². The highest BCUT2D eigenvalue weighted by Crippen LogP contribution is 2.26. The Morgan fingerprint density at radius 1 is 0.743 bits per heavy atom. The van der Waals surface area contributed by atoms with Gasteiger partial charge in [0.2, 0.25) is 5.91 Å². The lowest BCUT2D eigenvalue weighted by atomic mass is 9.94. The van der Waals surface area contributed by atoms with E-state index in [1.54, 1.807) is 66.5 Å². The maximum Gasteiger partial charge on any atom is 0.254 e. The molecule has 3 amide bonds. The van der Waals surface area contributed by atoms with E-state index in [9.17, 15) is 14.4 Å². The number of likely N-dealkylation sites (tertiary alicyclic amines) is 1. The van der Waals surface area contributed by atoms with Crippen molar-refractivity contribution in [3.05, 3.63) is 58.6 Å². The number of halogens is 1. The van der Waals surface area contributed by atoms with Crippen LogP contribution < -0.4 is 9.47 Å². The number of amides is 3. The van der Waals surface area contributed by atoms with E-state index in [1.807, 2.05) is 4.90 Å². The number of rotatable bonds is 5. The summed E-state index contributed by atoms with van der Waals surface area (Å²) in [5.74, 6) is 0.947. The van der Waals surface area contributed by atoms with Gasteiger partial charge in [-0.25, -0.2) is 0 Å². The lowest BCUT2D eigenvalue weighted by Crippen LogP contribution is -2.53. The van der Waals surface area contributed by atoms with Crippen LogP contribution in [-0.4, -0.2) is 85.9 Å². The lowest BCUT2D eigenvalue weighted by molar-refractivity contribution is -0.138. The molecule has 0 atom stereocenters. The molecule has 0 saturated carbocycles. The molecule has 2 fully saturated rings. The lowest BCUT2D eigenvalue weighted by Gasteiger charge is -2.38. The van der Waals surface area contributed by atoms with Gasteiger partial charge in [0.1, 0.15) is 11.5 Å². The van der Waals surface area contributed by atoms with E-state index in [0.717, 1.165) is 0 Å². The van der Waals surface area contributed by atoms with E-state index in [2.05, 4.69) is 0 Å². The van der Waals surface area contributed by atoms with Gasteiger partial charge in [-0.3, -0.25) is 14.4 Å². The summed E-state index contributed by atoms with van der Waals surface area (Å²) in [6, 6.07) is 12.0. The topological polar surface area (TPSA) is 79.4 Å². The van der Waals surface area contributed by atoms with Crippen molar-refractivity contribution in [2.75, 3.05) is 53.5 Å². The Morgan fingerprint density at radius 3 is 1.86 bits per heavy atom. The molecule has 4 rings (SSSR count). The number of hydrogen-bond donors (Lipinski definition) is 0. The van der Waals surface area contributed by atoms with Gasteiger partial charge < -0.3 is 24.2 Å². The average molecular weight is 500 g/mol. The number of nitrogens with zero attached hydrogens (tertiary/aromatic N) is 3. The predicted molar refractivity (Wildman–Crippen MR) is 132 cm³/mol. The second-order valence-electron chi connectivity index (χ2n) is 8.80. The summed E-state index contributed by atoms with van der Waals surface area (Å²) in [6.07, 6.45) is 1.24. The minimum Gasteiger partial charge on any atom is -0.497 e. The molecule has 0 aliphatic carbocycles. The molecule has 9 heteroatoms. The highest BCUT2D eigenvalue weighted by molar-refractivity contribution is 6.30. The number of carbonyl (C=O) groups excluding carboxylic acids is 3. The Balaban J connectivity index is 1.29. The van der Waals surface area contributed by atoms with Crippen LogP contribution in [0.4, 0.5) is 0 Å². The highest BCUT2D eigenvalue weighted by atomic mass is 35.5. The molecule has 8 nitrogen and oxygen atoms in total. The third-order valence-corrected chi connectivity index (χ3v) is 6.92. The Bertz CT molecular complexity index is 1070. The molecule has 0 bridgehead atoms. The molecule has 0 aromatic heterocycles. The second-order valence-corrected chi connectivity index (χ2v) is 9.23. The zero-order chi connectivity index (χ0) is 24.9. The van der Waals surface area contributed by atoms with Crippen LogP contribution in [-0.2, 0) is 4.79 Å². The van der Waals surface area contributed by atoms with Gasteiger partial charge in [-0.05, 0) is 43.2 Å². The van der Waals surface area contributed by atoms with Crippen molar-refractivity contribution in [3.63, 3.8) is 0 Å². The fourth-order valence-corrected chi connectivity index (χ4v) is 4.83. The molecule has 0 radical (unpaired) electrons. The third kappa shape index (κ3) is 5.70. The van der Waals surface area contributed by atoms with Gasteiger partial charge in [0.25, 0.3) is 11.8 Å². The van der Waals surface area contributed by atoms with Crippen LogP contribution in [0.3, 0.4) is 0 Å². The minimum absolute atomic E-state index is 0.0689. The summed E-state index contributed by atoms with van der Waals surface area (Å²) in [6.45, 7) is 3.03. The van der Waals surface area contributed by atoms with Crippen LogP contribution in [0.2, 0.25) is 5.02 Å². The van der Waals surface area contributed by atoms with E-state index < -0.39 is 0 Å². The first-order valence-electron chi connectivity index (χ1n) is 11.8. The van der Waals surface area contributed by atoms with Gasteiger partial charge in [-0.15, -0.1) is 0 Å². The number of piperidine rings is 1. The summed E-state index contributed by atoms with van der Waals surface area (Å²) >= 11 is 6.01. The van der Waals surface area contributed by atoms with Gasteiger partial charge in [0, 0.05) is 67.4 Å². The summed E-state index contributed by atoms with van der Waals surface area (Å²) in [4.78, 5) is 44.3. The molecule has 2 aliphatic heterocycles. The molecule has 2 aromatic rings. The van der Waals surface area contributed by atoms with E-state index in [0.29, 0.717) is 79.8 Å². The van der Waals surface area contributed by atoms with Crippen molar-refractivity contribution in [1.82, 2.24) is 14.7 Å². The molecule has 2 heterocycles. The smallest absolute Gasteiger partial charge is 0.254 e. The number of carbonyl (C=O) groups is 3. The maximum absolute atomic E-state index is 13.1. The Kier molecular flexibility index (Phi) is 7.80. The maximum atomic E-state index is 13.1. The third-order valence-electron chi connectivity index (χ3n) is 6.68. The van der Waals surface area contributed by atoms with Crippen molar-refractivity contribution < 1.29 is 23.9 Å². The molecule has 0 unspecified atom stereocenters. The van der Waals surface area contributed by atoms with Gasteiger partial charge >= 0.3 is 0 Å². The molecule has 0 N–H and O–H groups in total. The standard InChI is InChI=1S/C26H30ClN3O5/c1-34-22-15-20(16-23(17-22)35-2)26(33)28-8-6-18(7-9-28)24(31)29-10-12-30(13-11-29)25(32)19-4-3-5-21(27)14-19/h3-5,14-18H,6-13H2,1-2H3. The molecule has 35 heavy (non-hydrogen) atoms. The minimum atomic E-state index is -0.117. The number of benzene rings is 2. The van der Waals surface area contributed by atoms with Crippen LogP contribution in [0.5, 0.6) is 11.5 Å². The van der Waals surface area contributed by atoms with Crippen molar-refractivity contribution in [3.8, 4) is 11.5 Å². The zero-order valence-corrected chi connectivity index (χ0v) is 20.8. The second kappa shape index (κ2) is 11.0. The largest absolute Gasteiger partial charge is 0.497 e. The van der Waals surface area contributed by atoms with E-state index in [4.69, 9.17) is 21.1 Å². The van der Waals surface area contributed by atoms with Gasteiger partial charge in [-0.2, -0.15) is 0 Å². The zero-order valence-electron chi connectivity index (χ0n) is 20.0.